The van der Waals surface area contributed by atoms with Crippen LogP contribution in [-0.4, -0.2) is 18.0 Å². The number of nitrogens with zero attached hydrogens (tertiary/aromatic N) is 1. The highest BCUT2D eigenvalue weighted by atomic mass is 15.1. The average Bonchev–Trinajstić information content (AvgIpc) is 2.81. The molecule has 1 heteroatoms. The Morgan fingerprint density at radius 3 is 2.18 bits per heavy atom. The van der Waals surface area contributed by atoms with Crippen LogP contribution in [0.1, 0.15) is 44.2 Å². The Bertz CT molecular complexity index is 320. The lowest BCUT2D eigenvalue weighted by Crippen LogP contribution is -2.18. The van der Waals surface area contributed by atoms with Gasteiger partial charge in [0.2, 0.25) is 0 Å². The maximum Gasteiger partial charge on any atom is 0.0233 e. The van der Waals surface area contributed by atoms with Gasteiger partial charge in [0.25, 0.3) is 0 Å². The van der Waals surface area contributed by atoms with Crippen molar-refractivity contribution >= 4 is 0 Å². The van der Waals surface area contributed by atoms with Gasteiger partial charge in [-0.2, -0.15) is 0 Å². The molecule has 1 heterocycles. The zero-order valence-electron chi connectivity index (χ0n) is 11.3. The van der Waals surface area contributed by atoms with Gasteiger partial charge in [0, 0.05) is 6.54 Å². The Morgan fingerprint density at radius 2 is 1.59 bits per heavy atom. The fourth-order valence-electron chi connectivity index (χ4n) is 2.47. The van der Waals surface area contributed by atoms with E-state index < -0.39 is 0 Å². The molecule has 1 aliphatic rings. The van der Waals surface area contributed by atoms with E-state index >= 15 is 0 Å². The minimum absolute atomic E-state index is 0.805. The van der Waals surface area contributed by atoms with E-state index in [-0.39, 0.29) is 0 Å². The number of aryl methyl sites for hydroxylation is 1. The molecule has 1 fully saturated rings. The molecule has 0 radical (unpaired) electrons. The largest absolute Gasteiger partial charge is 0.299 e. The fraction of sp³-hybridized carbons (Fsp3) is 0.625. The van der Waals surface area contributed by atoms with Crippen molar-refractivity contribution in [2.24, 2.45) is 5.92 Å². The quantitative estimate of drug-likeness (QED) is 0.743. The number of hydrogen-bond acceptors (Lipinski definition) is 1. The van der Waals surface area contributed by atoms with Crippen LogP contribution >= 0.6 is 0 Å². The standard InChI is InChI=1S/C16H25N/c1-14(2)5-6-15-7-9-16(10-8-15)13-17-11-3-4-12-17/h7-10,14H,3-6,11-13H2,1-2H3. The topological polar surface area (TPSA) is 3.24 Å². The molecule has 1 nitrogen and oxygen atoms in total. The molecule has 0 bridgehead atoms. The third-order valence-corrected chi connectivity index (χ3v) is 3.64. The first kappa shape index (κ1) is 12.6. The monoisotopic (exact) mass is 231 g/mol. The molecule has 0 unspecified atom stereocenters. The molecule has 0 atom stereocenters. The summed E-state index contributed by atoms with van der Waals surface area (Å²) in [5, 5.41) is 0. The van der Waals surface area contributed by atoms with Gasteiger partial charge in [-0.1, -0.05) is 38.1 Å². The van der Waals surface area contributed by atoms with Crippen molar-refractivity contribution < 1.29 is 0 Å². The van der Waals surface area contributed by atoms with Gasteiger partial charge in [-0.25, -0.2) is 0 Å². The summed E-state index contributed by atoms with van der Waals surface area (Å²) in [4.78, 5) is 2.56. The van der Waals surface area contributed by atoms with Crippen LogP contribution in [0, 0.1) is 5.92 Å². The van der Waals surface area contributed by atoms with Crippen LogP contribution in [0.5, 0.6) is 0 Å². The summed E-state index contributed by atoms with van der Waals surface area (Å²) in [6.07, 6.45) is 5.28. The predicted molar refractivity (Wildman–Crippen MR) is 74.1 cm³/mol. The minimum Gasteiger partial charge on any atom is -0.299 e. The Labute approximate surface area is 106 Å². The van der Waals surface area contributed by atoms with Crippen LogP contribution in [-0.2, 0) is 13.0 Å². The molecule has 0 amide bonds. The average molecular weight is 231 g/mol. The van der Waals surface area contributed by atoms with Crippen LogP contribution < -0.4 is 0 Å². The zero-order chi connectivity index (χ0) is 12.1. The second-order valence-corrected chi connectivity index (χ2v) is 5.73. The molecule has 17 heavy (non-hydrogen) atoms. The molecule has 0 aliphatic carbocycles. The normalized spacial score (nSPS) is 16.9. The van der Waals surface area contributed by atoms with E-state index in [1.165, 1.54) is 49.9 Å². The van der Waals surface area contributed by atoms with Crippen LogP contribution in [0.3, 0.4) is 0 Å². The van der Waals surface area contributed by atoms with Crippen molar-refractivity contribution in [1.29, 1.82) is 0 Å². The van der Waals surface area contributed by atoms with Gasteiger partial charge in [-0.15, -0.1) is 0 Å². The molecule has 1 aromatic carbocycles. The molecule has 1 aliphatic heterocycles. The minimum atomic E-state index is 0.805. The molecule has 0 spiro atoms. The first-order valence-corrected chi connectivity index (χ1v) is 7.04. The van der Waals surface area contributed by atoms with Crippen LogP contribution in [0.2, 0.25) is 0 Å². The Hall–Kier alpha value is -0.820. The second kappa shape index (κ2) is 6.20. The van der Waals surface area contributed by atoms with Gasteiger partial charge in [-0.3, -0.25) is 4.90 Å². The summed E-state index contributed by atoms with van der Waals surface area (Å²) in [6, 6.07) is 9.25. The SMILES string of the molecule is CC(C)CCc1ccc(CN2CCCC2)cc1. The highest BCUT2D eigenvalue weighted by Gasteiger charge is 2.11. The van der Waals surface area contributed by atoms with Gasteiger partial charge in [0.15, 0.2) is 0 Å². The highest BCUT2D eigenvalue weighted by Crippen LogP contribution is 2.14. The first-order valence-electron chi connectivity index (χ1n) is 7.04. The van der Waals surface area contributed by atoms with Crippen molar-refractivity contribution in [3.8, 4) is 0 Å². The molecule has 0 aromatic heterocycles. The Morgan fingerprint density at radius 1 is 1.00 bits per heavy atom. The molecule has 94 valence electrons. The molecule has 0 N–H and O–H groups in total. The maximum absolute atomic E-state index is 2.56. The van der Waals surface area contributed by atoms with E-state index in [1.54, 1.807) is 0 Å². The lowest BCUT2D eigenvalue weighted by atomic mass is 10.0. The van der Waals surface area contributed by atoms with Crippen molar-refractivity contribution in [1.82, 2.24) is 4.90 Å². The summed E-state index contributed by atoms with van der Waals surface area (Å²) >= 11 is 0. The summed E-state index contributed by atoms with van der Waals surface area (Å²) in [6.45, 7) is 8.30. The molecule has 1 saturated heterocycles. The smallest absolute Gasteiger partial charge is 0.0233 e. The van der Waals surface area contributed by atoms with Gasteiger partial charge in [-0.05, 0) is 55.8 Å². The van der Waals surface area contributed by atoms with Gasteiger partial charge < -0.3 is 0 Å². The van der Waals surface area contributed by atoms with Crippen LogP contribution in [0.15, 0.2) is 24.3 Å². The van der Waals surface area contributed by atoms with Crippen molar-refractivity contribution in [2.45, 2.75) is 46.1 Å². The van der Waals surface area contributed by atoms with Crippen LogP contribution in [0.4, 0.5) is 0 Å². The number of hydrogen-bond donors (Lipinski definition) is 0. The number of benzene rings is 1. The van der Waals surface area contributed by atoms with E-state index in [0.717, 1.165) is 12.5 Å². The zero-order valence-corrected chi connectivity index (χ0v) is 11.3. The van der Waals surface area contributed by atoms with E-state index in [4.69, 9.17) is 0 Å². The Balaban J connectivity index is 1.84. The molecular formula is C16H25N. The van der Waals surface area contributed by atoms with E-state index in [1.807, 2.05) is 0 Å². The Kier molecular flexibility index (Phi) is 4.61. The molecule has 1 aromatic rings. The number of likely N-dealkylation sites (tertiary alicyclic amines) is 1. The number of rotatable bonds is 5. The third kappa shape index (κ3) is 4.16. The summed E-state index contributed by atoms with van der Waals surface area (Å²) < 4.78 is 0. The van der Waals surface area contributed by atoms with Crippen molar-refractivity contribution in [3.05, 3.63) is 35.4 Å². The van der Waals surface area contributed by atoms with Gasteiger partial charge in [0.1, 0.15) is 0 Å². The van der Waals surface area contributed by atoms with Gasteiger partial charge in [0.05, 0.1) is 0 Å². The lowest BCUT2D eigenvalue weighted by Gasteiger charge is -2.14. The summed E-state index contributed by atoms with van der Waals surface area (Å²) in [5.41, 5.74) is 2.96. The van der Waals surface area contributed by atoms with Crippen molar-refractivity contribution in [2.75, 3.05) is 13.1 Å². The maximum atomic E-state index is 2.56. The van der Waals surface area contributed by atoms with E-state index in [9.17, 15) is 0 Å². The van der Waals surface area contributed by atoms with Crippen molar-refractivity contribution in [3.63, 3.8) is 0 Å². The van der Waals surface area contributed by atoms with E-state index in [2.05, 4.69) is 43.0 Å². The summed E-state index contributed by atoms with van der Waals surface area (Å²) in [7, 11) is 0. The van der Waals surface area contributed by atoms with Gasteiger partial charge >= 0.3 is 0 Å². The third-order valence-electron chi connectivity index (χ3n) is 3.64. The van der Waals surface area contributed by atoms with E-state index in [0.29, 0.717) is 0 Å². The molecule has 2 rings (SSSR count). The fourth-order valence-corrected chi connectivity index (χ4v) is 2.47. The molecular weight excluding hydrogens is 206 g/mol. The highest BCUT2D eigenvalue weighted by molar-refractivity contribution is 5.22. The molecule has 0 saturated carbocycles. The second-order valence-electron chi connectivity index (χ2n) is 5.73. The predicted octanol–water partition coefficient (Wildman–Crippen LogP) is 3.87. The van der Waals surface area contributed by atoms with Crippen LogP contribution in [0.25, 0.3) is 0 Å². The lowest BCUT2D eigenvalue weighted by molar-refractivity contribution is 0.331. The summed E-state index contributed by atoms with van der Waals surface area (Å²) in [5.74, 6) is 0.805. The first-order chi connectivity index (χ1) is 8.24.